The van der Waals surface area contributed by atoms with Crippen molar-refractivity contribution in [3.8, 4) is 5.75 Å². The number of methoxy groups -OCH3 is 1. The lowest BCUT2D eigenvalue weighted by Gasteiger charge is -2.34. The van der Waals surface area contributed by atoms with Crippen LogP contribution in [-0.2, 0) is 14.8 Å². The highest BCUT2D eigenvalue weighted by Crippen LogP contribution is 2.29. The highest BCUT2D eigenvalue weighted by Gasteiger charge is 2.31. The fourth-order valence-electron chi connectivity index (χ4n) is 3.84. The lowest BCUT2D eigenvalue weighted by atomic mass is 9.82. The molecule has 6 nitrogen and oxygen atoms in total. The average Bonchev–Trinajstić information content (AvgIpc) is 2.64. The zero-order valence-corrected chi connectivity index (χ0v) is 20.3. The molecule has 0 unspecified atom stereocenters. The quantitative estimate of drug-likeness (QED) is 0.646. The van der Waals surface area contributed by atoms with Crippen molar-refractivity contribution in [3.05, 3.63) is 54.1 Å². The van der Waals surface area contributed by atoms with E-state index in [9.17, 15) is 13.2 Å². The van der Waals surface area contributed by atoms with Crippen molar-refractivity contribution in [1.29, 1.82) is 0 Å². The number of aryl methyl sites for hydroxylation is 1. The van der Waals surface area contributed by atoms with Crippen molar-refractivity contribution < 1.29 is 17.9 Å². The molecule has 0 heterocycles. The SMILES string of the molecule is COc1cccc(N(CC(=O)NC(C)(C)CC(C)(C)C)S(=O)(=O)c2ccc(C)cc2)c1. The van der Waals surface area contributed by atoms with Gasteiger partial charge in [0.1, 0.15) is 12.3 Å². The second-order valence-corrected chi connectivity index (χ2v) is 11.6. The van der Waals surface area contributed by atoms with Crippen LogP contribution in [0.1, 0.15) is 46.6 Å². The minimum atomic E-state index is -3.96. The Bertz CT molecular complexity index is 1010. The lowest BCUT2D eigenvalue weighted by Crippen LogP contribution is -2.50. The van der Waals surface area contributed by atoms with Crippen LogP contribution in [-0.4, -0.2) is 33.5 Å². The van der Waals surface area contributed by atoms with E-state index < -0.39 is 15.6 Å². The first-order valence-electron chi connectivity index (χ1n) is 10.3. The molecule has 7 heteroatoms. The van der Waals surface area contributed by atoms with E-state index in [1.165, 1.54) is 7.11 Å². The van der Waals surface area contributed by atoms with Crippen LogP contribution in [0.15, 0.2) is 53.4 Å². The summed E-state index contributed by atoms with van der Waals surface area (Å²) in [6.07, 6.45) is 0.746. The van der Waals surface area contributed by atoms with E-state index in [0.717, 1.165) is 16.3 Å². The van der Waals surface area contributed by atoms with Gasteiger partial charge in [-0.3, -0.25) is 9.10 Å². The Morgan fingerprint density at radius 3 is 2.19 bits per heavy atom. The summed E-state index contributed by atoms with van der Waals surface area (Å²) < 4.78 is 33.3. The van der Waals surface area contributed by atoms with Crippen molar-refractivity contribution >= 4 is 21.6 Å². The van der Waals surface area contributed by atoms with Gasteiger partial charge in [-0.2, -0.15) is 0 Å². The number of carbonyl (C=O) groups excluding carboxylic acids is 1. The van der Waals surface area contributed by atoms with Crippen LogP contribution in [0.5, 0.6) is 5.75 Å². The number of nitrogens with one attached hydrogen (secondary N) is 1. The number of sulfonamides is 1. The number of carbonyl (C=O) groups is 1. The fourth-order valence-corrected chi connectivity index (χ4v) is 5.25. The summed E-state index contributed by atoms with van der Waals surface area (Å²) in [6.45, 7) is 11.8. The summed E-state index contributed by atoms with van der Waals surface area (Å²) in [4.78, 5) is 13.1. The summed E-state index contributed by atoms with van der Waals surface area (Å²) in [5.41, 5.74) is 0.845. The number of nitrogens with zero attached hydrogens (tertiary/aromatic N) is 1. The molecule has 0 fully saturated rings. The van der Waals surface area contributed by atoms with Crippen molar-refractivity contribution in [2.75, 3.05) is 18.0 Å². The molecule has 2 rings (SSSR count). The average molecular weight is 447 g/mol. The van der Waals surface area contributed by atoms with Gasteiger partial charge in [0, 0.05) is 11.6 Å². The van der Waals surface area contributed by atoms with Crippen LogP contribution in [0, 0.1) is 12.3 Å². The number of hydrogen-bond donors (Lipinski definition) is 1. The van der Waals surface area contributed by atoms with Crippen molar-refractivity contribution in [1.82, 2.24) is 5.32 Å². The van der Waals surface area contributed by atoms with Gasteiger partial charge in [-0.15, -0.1) is 0 Å². The number of hydrogen-bond acceptors (Lipinski definition) is 4. The Morgan fingerprint density at radius 1 is 1.03 bits per heavy atom. The summed E-state index contributed by atoms with van der Waals surface area (Å²) in [5.74, 6) is 0.142. The topological polar surface area (TPSA) is 75.7 Å². The number of anilines is 1. The predicted molar refractivity (Wildman–Crippen MR) is 125 cm³/mol. The van der Waals surface area contributed by atoms with E-state index in [4.69, 9.17) is 4.74 Å². The Morgan fingerprint density at radius 2 is 1.65 bits per heavy atom. The van der Waals surface area contributed by atoms with Crippen LogP contribution >= 0.6 is 0 Å². The fraction of sp³-hybridized carbons (Fsp3) is 0.458. The number of benzene rings is 2. The molecule has 2 aromatic rings. The van der Waals surface area contributed by atoms with Gasteiger partial charge >= 0.3 is 0 Å². The molecule has 170 valence electrons. The molecular formula is C24H34N2O4S. The Hall–Kier alpha value is -2.54. The Kier molecular flexibility index (Phi) is 7.42. The summed E-state index contributed by atoms with van der Waals surface area (Å²) in [6, 6.07) is 13.3. The molecule has 0 spiro atoms. The second-order valence-electron chi connectivity index (χ2n) is 9.70. The molecule has 0 aliphatic heterocycles. The maximum absolute atomic E-state index is 13.5. The number of amides is 1. The zero-order chi connectivity index (χ0) is 23.4. The van der Waals surface area contributed by atoms with E-state index in [1.807, 2.05) is 20.8 Å². The number of ether oxygens (including phenoxy) is 1. The van der Waals surface area contributed by atoms with E-state index in [1.54, 1.807) is 48.5 Å². The molecule has 0 aromatic heterocycles. The highest BCUT2D eigenvalue weighted by atomic mass is 32.2. The van der Waals surface area contributed by atoms with Gasteiger partial charge in [0.25, 0.3) is 10.0 Å². The smallest absolute Gasteiger partial charge is 0.264 e. The van der Waals surface area contributed by atoms with Crippen LogP contribution < -0.4 is 14.4 Å². The molecule has 0 saturated carbocycles. The van der Waals surface area contributed by atoms with E-state index in [0.29, 0.717) is 11.4 Å². The maximum Gasteiger partial charge on any atom is 0.264 e. The first-order chi connectivity index (χ1) is 14.2. The molecule has 0 bridgehead atoms. The Labute approximate surface area is 186 Å². The molecule has 1 amide bonds. The predicted octanol–water partition coefficient (Wildman–Crippen LogP) is 4.53. The van der Waals surface area contributed by atoms with E-state index in [-0.39, 0.29) is 22.8 Å². The van der Waals surface area contributed by atoms with Crippen molar-refractivity contribution in [2.45, 2.75) is 58.4 Å². The monoisotopic (exact) mass is 446 g/mol. The minimum absolute atomic E-state index is 0.0111. The van der Waals surface area contributed by atoms with Gasteiger partial charge in [-0.05, 0) is 56.9 Å². The lowest BCUT2D eigenvalue weighted by molar-refractivity contribution is -0.121. The zero-order valence-electron chi connectivity index (χ0n) is 19.5. The summed E-state index contributed by atoms with van der Waals surface area (Å²) in [7, 11) is -2.45. The van der Waals surface area contributed by atoms with Gasteiger partial charge in [-0.1, -0.05) is 44.5 Å². The van der Waals surface area contributed by atoms with Crippen molar-refractivity contribution in [2.24, 2.45) is 5.41 Å². The standard InChI is InChI=1S/C24H34N2O4S/c1-18-11-13-21(14-12-18)31(28,29)26(19-9-8-10-20(15-19)30-7)16-22(27)25-24(5,6)17-23(2,3)4/h8-15H,16-17H2,1-7H3,(H,25,27). The molecule has 2 aromatic carbocycles. The van der Waals surface area contributed by atoms with Gasteiger partial charge in [0.05, 0.1) is 17.7 Å². The van der Waals surface area contributed by atoms with E-state index >= 15 is 0 Å². The van der Waals surface area contributed by atoms with Crippen molar-refractivity contribution in [3.63, 3.8) is 0 Å². The molecule has 0 atom stereocenters. The third kappa shape index (κ3) is 6.99. The third-order valence-corrected chi connectivity index (χ3v) is 6.48. The molecule has 0 radical (unpaired) electrons. The first kappa shape index (κ1) is 24.7. The molecule has 1 N–H and O–H groups in total. The van der Waals surface area contributed by atoms with Crippen LogP contribution in [0.3, 0.4) is 0 Å². The highest BCUT2D eigenvalue weighted by molar-refractivity contribution is 7.92. The van der Waals surface area contributed by atoms with Gasteiger partial charge in [0.2, 0.25) is 5.91 Å². The normalized spacial score (nSPS) is 12.4. The summed E-state index contributed by atoms with van der Waals surface area (Å²) >= 11 is 0. The molecule has 31 heavy (non-hydrogen) atoms. The largest absolute Gasteiger partial charge is 0.497 e. The molecule has 0 aliphatic rings. The maximum atomic E-state index is 13.5. The van der Waals surface area contributed by atoms with Gasteiger partial charge in [-0.25, -0.2) is 8.42 Å². The van der Waals surface area contributed by atoms with Crippen LogP contribution in [0.25, 0.3) is 0 Å². The minimum Gasteiger partial charge on any atom is -0.497 e. The summed E-state index contributed by atoms with van der Waals surface area (Å²) in [5, 5.41) is 3.00. The number of rotatable bonds is 8. The third-order valence-electron chi connectivity index (χ3n) is 4.69. The Balaban J connectivity index is 2.41. The molecule has 0 aliphatic carbocycles. The second kappa shape index (κ2) is 9.30. The van der Waals surface area contributed by atoms with E-state index in [2.05, 4.69) is 26.1 Å². The van der Waals surface area contributed by atoms with Gasteiger partial charge in [0.15, 0.2) is 0 Å². The van der Waals surface area contributed by atoms with Gasteiger partial charge < -0.3 is 10.1 Å². The first-order valence-corrected chi connectivity index (χ1v) is 11.7. The van der Waals surface area contributed by atoms with Crippen LogP contribution in [0.2, 0.25) is 0 Å². The molecular weight excluding hydrogens is 412 g/mol. The molecule has 0 saturated heterocycles. The van der Waals surface area contributed by atoms with Crippen LogP contribution in [0.4, 0.5) is 5.69 Å².